The monoisotopic (exact) mass is 595 g/mol. The summed E-state index contributed by atoms with van der Waals surface area (Å²) in [6.07, 6.45) is 2.70. The fourth-order valence-corrected chi connectivity index (χ4v) is 5.91. The molecule has 0 aliphatic heterocycles. The van der Waals surface area contributed by atoms with Crippen LogP contribution in [0, 0.1) is 5.92 Å². The van der Waals surface area contributed by atoms with Gasteiger partial charge in [0.05, 0.1) is 4.90 Å². The van der Waals surface area contributed by atoms with Crippen molar-refractivity contribution in [1.82, 2.24) is 14.9 Å². The molecule has 3 aromatic rings. The highest BCUT2D eigenvalue weighted by atomic mass is 35.5. The maximum Gasteiger partial charge on any atom is 0.243 e. The van der Waals surface area contributed by atoms with Gasteiger partial charge >= 0.3 is 0 Å². The van der Waals surface area contributed by atoms with Gasteiger partial charge in [-0.25, -0.2) is 13.1 Å². The largest absolute Gasteiger partial charge is 0.354 e. The summed E-state index contributed by atoms with van der Waals surface area (Å²) in [5, 5.41) is 3.63. The molecule has 2 N–H and O–H groups in total. The molecular weight excluding hydrogens is 558 g/mol. The van der Waals surface area contributed by atoms with E-state index in [-0.39, 0.29) is 41.6 Å². The summed E-state index contributed by atoms with van der Waals surface area (Å²) in [5.41, 5.74) is 2.68. The lowest BCUT2D eigenvalue weighted by atomic mass is 10.0. The van der Waals surface area contributed by atoms with Gasteiger partial charge in [-0.3, -0.25) is 9.59 Å². The van der Waals surface area contributed by atoms with Crippen molar-refractivity contribution >= 4 is 33.4 Å². The average Bonchev–Trinajstić information content (AvgIpc) is 3.77. The standard InChI is InChI=1S/C32H38ClN3O4S/c1-23(2)21-34-32(38)30(20-25-6-4-3-5-7-25)36(22-26-8-13-27(33)14-9-26)31(37)19-12-24-10-17-29(18-11-24)41(39,40)35-28-15-16-28/h3-11,13-14,17-18,23,28,30,35H,12,15-16,19-22H2,1-2H3,(H,34,38). The first-order chi connectivity index (χ1) is 19.6. The van der Waals surface area contributed by atoms with Gasteiger partial charge in [0.2, 0.25) is 21.8 Å². The SMILES string of the molecule is CC(C)CNC(=O)C(Cc1ccccc1)N(Cc1ccc(Cl)cc1)C(=O)CCc1ccc(S(=O)(=O)NC2CC2)cc1. The Bertz CT molecular complexity index is 1410. The number of sulfonamides is 1. The van der Waals surface area contributed by atoms with Crippen molar-refractivity contribution in [2.45, 2.75) is 69.5 Å². The van der Waals surface area contributed by atoms with Crippen molar-refractivity contribution in [3.05, 3.63) is 101 Å². The molecule has 1 aliphatic rings. The lowest BCUT2D eigenvalue weighted by molar-refractivity contribution is -0.141. The Labute approximate surface area is 248 Å². The van der Waals surface area contributed by atoms with E-state index >= 15 is 0 Å². The third-order valence-electron chi connectivity index (χ3n) is 6.98. The molecule has 7 nitrogen and oxygen atoms in total. The number of carbonyl (C=O) groups is 2. The number of amides is 2. The normalized spacial score (nSPS) is 14.0. The van der Waals surface area contributed by atoms with Gasteiger partial charge in [-0.2, -0.15) is 0 Å². The van der Waals surface area contributed by atoms with Crippen molar-refractivity contribution in [3.8, 4) is 0 Å². The second-order valence-corrected chi connectivity index (χ2v) is 13.2. The van der Waals surface area contributed by atoms with Gasteiger partial charge in [0, 0.05) is 37.0 Å². The Morgan fingerprint density at radius 2 is 1.54 bits per heavy atom. The number of rotatable bonds is 14. The molecule has 0 spiro atoms. The number of hydrogen-bond acceptors (Lipinski definition) is 4. The predicted molar refractivity (Wildman–Crippen MR) is 162 cm³/mol. The van der Waals surface area contributed by atoms with Gasteiger partial charge in [-0.15, -0.1) is 0 Å². The number of halogens is 1. The molecule has 1 atom stereocenters. The molecule has 218 valence electrons. The minimum Gasteiger partial charge on any atom is -0.354 e. The molecule has 0 saturated heterocycles. The maximum absolute atomic E-state index is 13.8. The highest BCUT2D eigenvalue weighted by Crippen LogP contribution is 2.23. The summed E-state index contributed by atoms with van der Waals surface area (Å²) >= 11 is 6.10. The van der Waals surface area contributed by atoms with E-state index in [1.807, 2.05) is 56.3 Å². The second-order valence-electron chi connectivity index (χ2n) is 11.0. The highest BCUT2D eigenvalue weighted by molar-refractivity contribution is 7.89. The van der Waals surface area contributed by atoms with E-state index in [0.29, 0.717) is 24.4 Å². The van der Waals surface area contributed by atoms with E-state index in [1.54, 1.807) is 41.3 Å². The lowest BCUT2D eigenvalue weighted by Gasteiger charge is -2.32. The van der Waals surface area contributed by atoms with E-state index in [9.17, 15) is 18.0 Å². The topological polar surface area (TPSA) is 95.6 Å². The van der Waals surface area contributed by atoms with Gasteiger partial charge in [-0.05, 0) is 66.1 Å². The molecule has 1 unspecified atom stereocenters. The first kappa shape index (κ1) is 30.8. The van der Waals surface area contributed by atoms with Crippen LogP contribution in [0.3, 0.4) is 0 Å². The van der Waals surface area contributed by atoms with E-state index in [1.165, 1.54) is 0 Å². The van der Waals surface area contributed by atoms with Crippen LogP contribution in [-0.4, -0.2) is 43.8 Å². The summed E-state index contributed by atoms with van der Waals surface area (Å²) in [4.78, 5) is 29.2. The van der Waals surface area contributed by atoms with Gasteiger partial charge in [0.1, 0.15) is 6.04 Å². The number of nitrogens with one attached hydrogen (secondary N) is 2. The summed E-state index contributed by atoms with van der Waals surface area (Å²) in [5.74, 6) is -0.0849. The van der Waals surface area contributed by atoms with E-state index in [2.05, 4.69) is 10.0 Å². The third kappa shape index (κ3) is 9.42. The maximum atomic E-state index is 13.8. The Morgan fingerprint density at radius 1 is 0.902 bits per heavy atom. The van der Waals surface area contributed by atoms with E-state index in [4.69, 9.17) is 11.6 Å². The number of carbonyl (C=O) groups excluding carboxylic acids is 2. The molecule has 0 aromatic heterocycles. The molecule has 0 bridgehead atoms. The minimum absolute atomic E-state index is 0.0329. The Hall–Kier alpha value is -3.20. The van der Waals surface area contributed by atoms with Crippen LogP contribution in [0.15, 0.2) is 83.8 Å². The lowest BCUT2D eigenvalue weighted by Crippen LogP contribution is -2.51. The smallest absolute Gasteiger partial charge is 0.243 e. The zero-order valence-electron chi connectivity index (χ0n) is 23.6. The first-order valence-electron chi connectivity index (χ1n) is 14.1. The van der Waals surface area contributed by atoms with Crippen molar-refractivity contribution in [2.24, 2.45) is 5.92 Å². The van der Waals surface area contributed by atoms with Crippen LogP contribution < -0.4 is 10.0 Å². The number of benzene rings is 3. The molecule has 1 saturated carbocycles. The highest BCUT2D eigenvalue weighted by Gasteiger charge is 2.31. The molecular formula is C32H38ClN3O4S. The van der Waals surface area contributed by atoms with Crippen LogP contribution in [0.4, 0.5) is 0 Å². The van der Waals surface area contributed by atoms with Crippen LogP contribution in [-0.2, 0) is 39.0 Å². The minimum atomic E-state index is -3.54. The first-order valence-corrected chi connectivity index (χ1v) is 15.9. The van der Waals surface area contributed by atoms with Gasteiger partial charge < -0.3 is 10.2 Å². The van der Waals surface area contributed by atoms with E-state index in [0.717, 1.165) is 29.5 Å². The van der Waals surface area contributed by atoms with Crippen molar-refractivity contribution in [2.75, 3.05) is 6.54 Å². The molecule has 0 heterocycles. The molecule has 3 aromatic carbocycles. The number of nitrogens with zero attached hydrogens (tertiary/aromatic N) is 1. The van der Waals surface area contributed by atoms with Crippen LogP contribution >= 0.6 is 11.6 Å². The summed E-state index contributed by atoms with van der Waals surface area (Å²) < 4.78 is 27.7. The zero-order valence-corrected chi connectivity index (χ0v) is 25.1. The Balaban J connectivity index is 1.54. The Morgan fingerprint density at radius 3 is 2.15 bits per heavy atom. The summed E-state index contributed by atoms with van der Waals surface area (Å²) in [7, 11) is -3.54. The molecule has 4 rings (SSSR count). The van der Waals surface area contributed by atoms with Crippen molar-refractivity contribution < 1.29 is 18.0 Å². The predicted octanol–water partition coefficient (Wildman–Crippen LogP) is 5.13. The van der Waals surface area contributed by atoms with Crippen molar-refractivity contribution in [1.29, 1.82) is 0 Å². The molecule has 41 heavy (non-hydrogen) atoms. The van der Waals surface area contributed by atoms with Crippen LogP contribution in [0.2, 0.25) is 5.02 Å². The zero-order chi connectivity index (χ0) is 29.4. The molecule has 2 amide bonds. The third-order valence-corrected chi connectivity index (χ3v) is 8.77. The summed E-state index contributed by atoms with van der Waals surface area (Å²) in [6, 6.07) is 22.9. The molecule has 9 heteroatoms. The molecule has 0 radical (unpaired) electrons. The van der Waals surface area contributed by atoms with Crippen LogP contribution in [0.1, 0.15) is 49.8 Å². The number of hydrogen-bond donors (Lipinski definition) is 2. The fraction of sp³-hybridized carbons (Fsp3) is 0.375. The van der Waals surface area contributed by atoms with Gasteiger partial charge in [0.15, 0.2) is 0 Å². The summed E-state index contributed by atoms with van der Waals surface area (Å²) in [6.45, 7) is 4.83. The second kappa shape index (κ2) is 14.1. The fourth-order valence-electron chi connectivity index (χ4n) is 4.48. The van der Waals surface area contributed by atoms with Crippen LogP contribution in [0.25, 0.3) is 0 Å². The van der Waals surface area contributed by atoms with Gasteiger partial charge in [0.25, 0.3) is 0 Å². The van der Waals surface area contributed by atoms with Gasteiger partial charge in [-0.1, -0.05) is 80.0 Å². The quantitative estimate of drug-likeness (QED) is 0.270. The molecule has 1 fully saturated rings. The van der Waals surface area contributed by atoms with Crippen LogP contribution in [0.5, 0.6) is 0 Å². The Kier molecular flexibility index (Phi) is 10.6. The number of aryl methyl sites for hydroxylation is 1. The average molecular weight is 596 g/mol. The van der Waals surface area contributed by atoms with Crippen molar-refractivity contribution in [3.63, 3.8) is 0 Å². The van der Waals surface area contributed by atoms with E-state index < -0.39 is 16.1 Å². The molecule has 1 aliphatic carbocycles.